The highest BCUT2D eigenvalue weighted by Gasteiger charge is 2.32. The maximum atomic E-state index is 9.65. The van der Waals surface area contributed by atoms with Crippen LogP contribution in [0.3, 0.4) is 0 Å². The van der Waals surface area contributed by atoms with E-state index in [1.807, 2.05) is 0 Å². The van der Waals surface area contributed by atoms with Gasteiger partial charge in [0.2, 0.25) is 0 Å². The van der Waals surface area contributed by atoms with Crippen LogP contribution in [-0.4, -0.2) is 37.0 Å². The Kier molecular flexibility index (Phi) is 4.82. The molecule has 0 aromatic heterocycles. The van der Waals surface area contributed by atoms with Gasteiger partial charge in [-0.15, -0.1) is 0 Å². The molecule has 3 heteroatoms. The molecule has 2 aliphatic rings. The van der Waals surface area contributed by atoms with Crippen LogP contribution >= 0.6 is 0 Å². The van der Waals surface area contributed by atoms with Gasteiger partial charge in [-0.05, 0) is 51.0 Å². The summed E-state index contributed by atoms with van der Waals surface area (Å²) in [7, 11) is 0. The van der Waals surface area contributed by atoms with Crippen LogP contribution in [0.4, 0.5) is 0 Å². The third kappa shape index (κ3) is 3.56. The van der Waals surface area contributed by atoms with E-state index in [2.05, 4.69) is 25.2 Å². The maximum absolute atomic E-state index is 9.65. The summed E-state index contributed by atoms with van der Waals surface area (Å²) in [5.41, 5.74) is 1.43. The molecule has 1 aliphatic heterocycles. The van der Waals surface area contributed by atoms with E-state index in [-0.39, 0.29) is 12.1 Å². The molecule has 0 amide bonds. The second-order valence-electron chi connectivity index (χ2n) is 6.23. The first-order valence-corrected chi connectivity index (χ1v) is 7.24. The number of aliphatic hydroxyl groups excluding tert-OH is 1. The molecule has 0 aromatic carbocycles. The minimum Gasteiger partial charge on any atom is -0.394 e. The second kappa shape index (κ2) is 6.18. The first kappa shape index (κ1) is 14.0. The number of allylic oxidation sites excluding steroid dienone is 2. The fourth-order valence-corrected chi connectivity index (χ4v) is 3.36. The predicted octanol–water partition coefficient (Wildman–Crippen LogP) is 2.11. The van der Waals surface area contributed by atoms with Crippen molar-refractivity contribution in [2.75, 3.05) is 26.4 Å². The van der Waals surface area contributed by atoms with Gasteiger partial charge < -0.3 is 15.2 Å². The predicted molar refractivity (Wildman–Crippen MR) is 73.5 cm³/mol. The van der Waals surface area contributed by atoms with Gasteiger partial charge in [0.1, 0.15) is 0 Å². The van der Waals surface area contributed by atoms with E-state index in [0.717, 1.165) is 38.5 Å². The van der Waals surface area contributed by atoms with Crippen molar-refractivity contribution in [2.45, 2.75) is 45.1 Å². The van der Waals surface area contributed by atoms with Gasteiger partial charge in [-0.1, -0.05) is 18.6 Å². The fourth-order valence-electron chi connectivity index (χ4n) is 3.36. The average molecular weight is 253 g/mol. The standard InChI is InChI=1S/C15H27NO2/c1-12-7-13(2)9-14(8-12)10-16-15(11-17)3-5-18-6-4-15/h7,12,14,16-17H,3-6,8-11H2,1-2H3. The van der Waals surface area contributed by atoms with Crippen molar-refractivity contribution in [2.24, 2.45) is 11.8 Å². The molecule has 1 fully saturated rings. The average Bonchev–Trinajstić information content (AvgIpc) is 2.36. The molecule has 1 heterocycles. The summed E-state index contributed by atoms with van der Waals surface area (Å²) in [6, 6.07) is 0. The number of aliphatic hydroxyl groups is 1. The zero-order valence-corrected chi connectivity index (χ0v) is 11.7. The van der Waals surface area contributed by atoms with Crippen molar-refractivity contribution >= 4 is 0 Å². The Morgan fingerprint density at radius 2 is 2.17 bits per heavy atom. The monoisotopic (exact) mass is 253 g/mol. The highest BCUT2D eigenvalue weighted by atomic mass is 16.5. The first-order valence-electron chi connectivity index (χ1n) is 7.24. The van der Waals surface area contributed by atoms with Gasteiger partial charge >= 0.3 is 0 Å². The Bertz CT molecular complexity index is 295. The van der Waals surface area contributed by atoms with Gasteiger partial charge in [0.25, 0.3) is 0 Å². The van der Waals surface area contributed by atoms with E-state index in [1.165, 1.54) is 18.4 Å². The molecule has 1 saturated heterocycles. The third-order valence-corrected chi connectivity index (χ3v) is 4.40. The SMILES string of the molecule is CC1=CC(C)CC(CNC2(CO)CCOCC2)C1. The van der Waals surface area contributed by atoms with Crippen molar-refractivity contribution in [1.29, 1.82) is 0 Å². The molecule has 0 radical (unpaired) electrons. The molecule has 18 heavy (non-hydrogen) atoms. The van der Waals surface area contributed by atoms with Gasteiger partial charge in [-0.25, -0.2) is 0 Å². The van der Waals surface area contributed by atoms with Gasteiger partial charge in [0.05, 0.1) is 6.61 Å². The van der Waals surface area contributed by atoms with Crippen molar-refractivity contribution in [3.63, 3.8) is 0 Å². The van der Waals surface area contributed by atoms with Gasteiger partial charge in [0, 0.05) is 18.8 Å². The number of hydrogen-bond donors (Lipinski definition) is 2. The van der Waals surface area contributed by atoms with Crippen LogP contribution in [-0.2, 0) is 4.74 Å². The highest BCUT2D eigenvalue weighted by Crippen LogP contribution is 2.28. The lowest BCUT2D eigenvalue weighted by atomic mass is 9.82. The van der Waals surface area contributed by atoms with Crippen LogP contribution in [0.1, 0.15) is 39.5 Å². The molecule has 2 unspecified atom stereocenters. The van der Waals surface area contributed by atoms with E-state index >= 15 is 0 Å². The molecule has 0 spiro atoms. The molecule has 0 saturated carbocycles. The fraction of sp³-hybridized carbons (Fsp3) is 0.867. The molecule has 2 rings (SSSR count). The second-order valence-corrected chi connectivity index (χ2v) is 6.23. The number of ether oxygens (including phenoxy) is 1. The summed E-state index contributed by atoms with van der Waals surface area (Å²) < 4.78 is 5.39. The largest absolute Gasteiger partial charge is 0.394 e. The van der Waals surface area contributed by atoms with E-state index in [9.17, 15) is 5.11 Å². The number of hydrogen-bond acceptors (Lipinski definition) is 3. The summed E-state index contributed by atoms with van der Waals surface area (Å²) in [6.45, 7) is 7.33. The van der Waals surface area contributed by atoms with Gasteiger partial charge in [-0.2, -0.15) is 0 Å². The van der Waals surface area contributed by atoms with E-state index in [1.54, 1.807) is 0 Å². The van der Waals surface area contributed by atoms with E-state index < -0.39 is 0 Å². The van der Waals surface area contributed by atoms with Crippen LogP contribution in [0.2, 0.25) is 0 Å². The summed E-state index contributed by atoms with van der Waals surface area (Å²) in [5, 5.41) is 13.3. The van der Waals surface area contributed by atoms with Crippen LogP contribution in [0.15, 0.2) is 11.6 Å². The number of rotatable bonds is 4. The Hall–Kier alpha value is -0.380. The summed E-state index contributed by atoms with van der Waals surface area (Å²) in [5.74, 6) is 1.42. The Morgan fingerprint density at radius 1 is 1.44 bits per heavy atom. The van der Waals surface area contributed by atoms with Gasteiger partial charge in [0.15, 0.2) is 0 Å². The zero-order chi connectivity index (χ0) is 13.0. The lowest BCUT2D eigenvalue weighted by molar-refractivity contribution is 0.00991. The normalized spacial score (nSPS) is 32.1. The summed E-state index contributed by atoms with van der Waals surface area (Å²) >= 11 is 0. The van der Waals surface area contributed by atoms with Crippen molar-refractivity contribution in [1.82, 2.24) is 5.32 Å². The summed E-state index contributed by atoms with van der Waals surface area (Å²) in [6.07, 6.45) is 6.73. The minimum atomic E-state index is -0.0868. The quantitative estimate of drug-likeness (QED) is 0.754. The molecule has 3 nitrogen and oxygen atoms in total. The Morgan fingerprint density at radius 3 is 2.78 bits per heavy atom. The molecule has 0 bridgehead atoms. The maximum Gasteiger partial charge on any atom is 0.0615 e. The zero-order valence-electron chi connectivity index (χ0n) is 11.7. The third-order valence-electron chi connectivity index (χ3n) is 4.40. The molecule has 2 N–H and O–H groups in total. The van der Waals surface area contributed by atoms with Crippen LogP contribution in [0, 0.1) is 11.8 Å². The summed E-state index contributed by atoms with van der Waals surface area (Å²) in [4.78, 5) is 0. The lowest BCUT2D eigenvalue weighted by Gasteiger charge is -2.38. The van der Waals surface area contributed by atoms with Crippen LogP contribution in [0.5, 0.6) is 0 Å². The molecule has 104 valence electrons. The van der Waals surface area contributed by atoms with Crippen molar-refractivity contribution < 1.29 is 9.84 Å². The lowest BCUT2D eigenvalue weighted by Crippen LogP contribution is -2.53. The van der Waals surface area contributed by atoms with Crippen LogP contribution in [0.25, 0.3) is 0 Å². The topological polar surface area (TPSA) is 41.5 Å². The smallest absolute Gasteiger partial charge is 0.0615 e. The van der Waals surface area contributed by atoms with Crippen molar-refractivity contribution in [3.05, 3.63) is 11.6 Å². The molecule has 1 aliphatic carbocycles. The molecular weight excluding hydrogens is 226 g/mol. The van der Waals surface area contributed by atoms with Crippen LogP contribution < -0.4 is 5.32 Å². The Balaban J connectivity index is 1.84. The Labute approximate surface area is 111 Å². The van der Waals surface area contributed by atoms with E-state index in [4.69, 9.17) is 4.74 Å². The molecule has 0 aromatic rings. The molecule has 2 atom stereocenters. The van der Waals surface area contributed by atoms with Gasteiger partial charge in [-0.3, -0.25) is 0 Å². The molecular formula is C15H27NO2. The number of nitrogens with one attached hydrogen (secondary N) is 1. The minimum absolute atomic E-state index is 0.0868. The first-order chi connectivity index (χ1) is 8.63. The van der Waals surface area contributed by atoms with E-state index in [0.29, 0.717) is 5.92 Å². The highest BCUT2D eigenvalue weighted by molar-refractivity contribution is 5.06. The van der Waals surface area contributed by atoms with Crippen molar-refractivity contribution in [3.8, 4) is 0 Å².